The number of carbonyl (C=O) groups is 2. The Morgan fingerprint density at radius 1 is 1.11 bits per heavy atom. The van der Waals surface area contributed by atoms with Crippen LogP contribution in [0.4, 0.5) is 22.0 Å². The molecule has 3 N–H and O–H groups in total. The predicted molar refractivity (Wildman–Crippen MR) is 130 cm³/mol. The summed E-state index contributed by atoms with van der Waals surface area (Å²) in [6.07, 6.45) is -2.12. The van der Waals surface area contributed by atoms with Gasteiger partial charge in [-0.15, -0.1) is 0 Å². The molecule has 4 atom stereocenters. The van der Waals surface area contributed by atoms with E-state index in [0.717, 1.165) is 22.3 Å². The Morgan fingerprint density at radius 3 is 2.27 bits per heavy atom. The molecule has 1 amide bonds. The van der Waals surface area contributed by atoms with E-state index in [1.807, 2.05) is 26.0 Å². The number of amides is 1. The van der Waals surface area contributed by atoms with Crippen LogP contribution in [0.5, 0.6) is 0 Å². The normalized spacial score (nSPS) is 22.1. The molecule has 0 radical (unpaired) electrons. The molecular formula is C28H34F5NO3. The Hall–Kier alpha value is -2.55. The fourth-order valence-corrected chi connectivity index (χ4v) is 5.75. The number of hydrogen-bond donors (Lipinski definition) is 2. The second kappa shape index (κ2) is 10.7. The van der Waals surface area contributed by atoms with Gasteiger partial charge in [-0.1, -0.05) is 31.6 Å². The smallest absolute Gasteiger partial charge is 0.384 e. The molecule has 2 unspecified atom stereocenters. The fraction of sp³-hybridized carbons (Fsp3) is 0.571. The van der Waals surface area contributed by atoms with Crippen LogP contribution in [0.3, 0.4) is 0 Å². The maximum absolute atomic E-state index is 14.0. The number of carbonyl (C=O) groups excluding carboxylic acids is 2. The highest BCUT2D eigenvalue weighted by atomic mass is 19.4. The van der Waals surface area contributed by atoms with Gasteiger partial charge in [-0.2, -0.15) is 22.0 Å². The average Bonchev–Trinajstić information content (AvgIpc) is 2.82. The van der Waals surface area contributed by atoms with Crippen LogP contribution in [0.25, 0.3) is 0 Å². The van der Waals surface area contributed by atoms with Gasteiger partial charge >= 0.3 is 12.1 Å². The van der Waals surface area contributed by atoms with Crippen molar-refractivity contribution in [3.8, 4) is 0 Å². The van der Waals surface area contributed by atoms with Gasteiger partial charge in [0.15, 0.2) is 5.78 Å². The summed E-state index contributed by atoms with van der Waals surface area (Å²) < 4.78 is 66.7. The van der Waals surface area contributed by atoms with E-state index >= 15 is 0 Å². The van der Waals surface area contributed by atoms with E-state index in [9.17, 15) is 36.6 Å². The molecule has 0 spiro atoms. The van der Waals surface area contributed by atoms with Gasteiger partial charge in [0.1, 0.15) is 5.60 Å². The Kier molecular flexibility index (Phi) is 8.37. The highest BCUT2D eigenvalue weighted by Crippen LogP contribution is 2.50. The molecule has 0 fully saturated rings. The minimum Gasteiger partial charge on any atom is -0.384 e. The molecule has 2 aliphatic rings. The van der Waals surface area contributed by atoms with Crippen LogP contribution in [0.2, 0.25) is 0 Å². The Balaban J connectivity index is 1.97. The molecule has 0 saturated heterocycles. The zero-order chi connectivity index (χ0) is 27.8. The van der Waals surface area contributed by atoms with Crippen molar-refractivity contribution < 1.29 is 36.6 Å². The van der Waals surface area contributed by atoms with Crippen LogP contribution in [0.1, 0.15) is 87.6 Å². The highest BCUT2D eigenvalue weighted by molar-refractivity contribution is 5.93. The van der Waals surface area contributed by atoms with E-state index < -0.39 is 30.0 Å². The minimum absolute atomic E-state index is 0.0326. The van der Waals surface area contributed by atoms with Crippen molar-refractivity contribution in [2.45, 2.75) is 89.3 Å². The maximum Gasteiger partial charge on any atom is 0.456 e. The number of rotatable bonds is 9. The standard InChI is InChI=1S/C28H34F5NO3/c1-4-21(17-5-7-18(8-6-17)25(34)36)24-22(11-9-19-15-20(35)10-12-23(19)24)16(2)13-14-26(3,37)27(29,30)28(31,32)33/h5-8,15-16,21-22,37H,4,9-14H2,1-3H3,(H2,34,36)/t16-,21+,22?,26?/m0/s1. The molecule has 4 nitrogen and oxygen atoms in total. The van der Waals surface area contributed by atoms with Crippen LogP contribution in [-0.4, -0.2) is 34.5 Å². The monoisotopic (exact) mass is 527 g/mol. The second-order valence-corrected chi connectivity index (χ2v) is 10.5. The summed E-state index contributed by atoms with van der Waals surface area (Å²) in [7, 11) is 0. The van der Waals surface area contributed by atoms with E-state index in [4.69, 9.17) is 5.73 Å². The van der Waals surface area contributed by atoms with Gasteiger partial charge in [-0.05, 0) is 92.2 Å². The van der Waals surface area contributed by atoms with Gasteiger partial charge in [0.25, 0.3) is 0 Å². The van der Waals surface area contributed by atoms with E-state index in [-0.39, 0.29) is 30.0 Å². The number of fused-ring (bicyclic) bond motifs is 1. The van der Waals surface area contributed by atoms with E-state index in [0.29, 0.717) is 44.6 Å². The lowest BCUT2D eigenvalue weighted by Crippen LogP contribution is -2.55. The first kappa shape index (κ1) is 29.0. The third kappa shape index (κ3) is 5.81. The molecule has 0 aliphatic heterocycles. The fourth-order valence-electron chi connectivity index (χ4n) is 5.75. The zero-order valence-electron chi connectivity index (χ0n) is 21.3. The topological polar surface area (TPSA) is 80.4 Å². The summed E-state index contributed by atoms with van der Waals surface area (Å²) in [4.78, 5) is 23.6. The molecule has 37 heavy (non-hydrogen) atoms. The number of halogens is 5. The van der Waals surface area contributed by atoms with Crippen molar-refractivity contribution >= 4 is 11.7 Å². The second-order valence-electron chi connectivity index (χ2n) is 10.5. The van der Waals surface area contributed by atoms with E-state index in [2.05, 4.69) is 0 Å². The van der Waals surface area contributed by atoms with E-state index in [1.165, 1.54) is 0 Å². The third-order valence-corrected chi connectivity index (χ3v) is 8.00. The van der Waals surface area contributed by atoms with Crippen LogP contribution in [-0.2, 0) is 4.79 Å². The quantitative estimate of drug-likeness (QED) is 0.353. The number of aliphatic hydroxyl groups is 1. The largest absolute Gasteiger partial charge is 0.456 e. The first-order valence-electron chi connectivity index (χ1n) is 12.6. The summed E-state index contributed by atoms with van der Waals surface area (Å²) in [5.41, 5.74) is 6.50. The lowest BCUT2D eigenvalue weighted by atomic mass is 9.65. The molecule has 2 aliphatic carbocycles. The summed E-state index contributed by atoms with van der Waals surface area (Å²) in [5.74, 6) is -6.26. The van der Waals surface area contributed by atoms with Crippen LogP contribution >= 0.6 is 0 Å². The van der Waals surface area contributed by atoms with Gasteiger partial charge in [0.05, 0.1) is 0 Å². The van der Waals surface area contributed by atoms with Crippen molar-refractivity contribution in [2.75, 3.05) is 0 Å². The molecule has 3 rings (SSSR count). The van der Waals surface area contributed by atoms with Crippen molar-refractivity contribution in [3.63, 3.8) is 0 Å². The Morgan fingerprint density at radius 2 is 1.73 bits per heavy atom. The number of nitrogens with two attached hydrogens (primary N) is 1. The molecule has 0 saturated carbocycles. The van der Waals surface area contributed by atoms with Crippen molar-refractivity contribution in [1.29, 1.82) is 0 Å². The van der Waals surface area contributed by atoms with Crippen LogP contribution in [0.15, 0.2) is 47.1 Å². The molecule has 204 valence electrons. The van der Waals surface area contributed by atoms with Crippen molar-refractivity contribution in [1.82, 2.24) is 0 Å². The molecule has 0 heterocycles. The van der Waals surface area contributed by atoms with Crippen LogP contribution in [0, 0.1) is 11.8 Å². The van der Waals surface area contributed by atoms with Crippen molar-refractivity contribution in [3.05, 3.63) is 58.2 Å². The number of primary amides is 1. The molecule has 0 bridgehead atoms. The first-order chi connectivity index (χ1) is 17.1. The summed E-state index contributed by atoms with van der Waals surface area (Å²) in [6, 6.07) is 6.93. The minimum atomic E-state index is -5.85. The predicted octanol–water partition coefficient (Wildman–Crippen LogP) is 6.64. The molecule has 0 aromatic heterocycles. The average molecular weight is 528 g/mol. The number of ketones is 1. The molecule has 1 aromatic rings. The van der Waals surface area contributed by atoms with Gasteiger partial charge in [-0.25, -0.2) is 0 Å². The van der Waals surface area contributed by atoms with Gasteiger partial charge < -0.3 is 10.8 Å². The maximum atomic E-state index is 14.0. The van der Waals surface area contributed by atoms with Gasteiger partial charge in [-0.3, -0.25) is 9.59 Å². The Bertz CT molecular complexity index is 1090. The van der Waals surface area contributed by atoms with Gasteiger partial charge in [0.2, 0.25) is 5.91 Å². The number of allylic oxidation sites excluding steroid dienone is 4. The highest BCUT2D eigenvalue weighted by Gasteiger charge is 2.67. The van der Waals surface area contributed by atoms with Crippen molar-refractivity contribution in [2.24, 2.45) is 17.6 Å². The summed E-state index contributed by atoms with van der Waals surface area (Å²) in [6.45, 7) is 4.36. The first-order valence-corrected chi connectivity index (χ1v) is 12.6. The lowest BCUT2D eigenvalue weighted by Gasteiger charge is -2.40. The number of alkyl halides is 5. The zero-order valence-corrected chi connectivity index (χ0v) is 21.3. The summed E-state index contributed by atoms with van der Waals surface area (Å²) in [5, 5.41) is 10.1. The number of benzene rings is 1. The number of hydrogen-bond acceptors (Lipinski definition) is 3. The SMILES string of the molecule is CC[C@@H](C1=C2CCC(=O)C=C2CCC1[C@@H](C)CCC(C)(O)C(F)(F)C(F)(F)F)c1ccc(C(N)=O)cc1. The molecular weight excluding hydrogens is 493 g/mol. The summed E-state index contributed by atoms with van der Waals surface area (Å²) >= 11 is 0. The third-order valence-electron chi connectivity index (χ3n) is 8.00. The lowest BCUT2D eigenvalue weighted by molar-refractivity contribution is -0.339. The Labute approximate surface area is 213 Å². The molecule has 1 aromatic carbocycles. The van der Waals surface area contributed by atoms with E-state index in [1.54, 1.807) is 18.2 Å². The van der Waals surface area contributed by atoms with Crippen LogP contribution < -0.4 is 5.73 Å². The molecule has 9 heteroatoms. The van der Waals surface area contributed by atoms with Gasteiger partial charge in [0, 0.05) is 17.9 Å².